The van der Waals surface area contributed by atoms with E-state index in [1.54, 1.807) is 36.4 Å². The molecule has 0 saturated carbocycles. The van der Waals surface area contributed by atoms with Crippen LogP contribution in [-0.2, 0) is 26.6 Å². The Bertz CT molecular complexity index is 1430. The molecule has 37 heavy (non-hydrogen) atoms. The van der Waals surface area contributed by atoms with Gasteiger partial charge in [-0.05, 0) is 85.8 Å². The standard InChI is InChI=1S/C29H29Cl2N3O3/c1-33-26-15-22(29(35)36)5-7-25(26)32-28(33)17-34-11-9-19(10-12-34)13-20-3-2-4-21(14-20)18-37-27-8-6-23(30)16-24(27)31/h2-8,14-16,19H,9-13,17-18H2,1H3,(H,35,36). The number of carboxylic acids is 1. The molecule has 0 aliphatic carbocycles. The number of aromatic nitrogens is 2. The van der Waals surface area contributed by atoms with Crippen LogP contribution in [0.4, 0.5) is 0 Å². The Balaban J connectivity index is 1.15. The van der Waals surface area contributed by atoms with Crippen molar-refractivity contribution in [2.24, 2.45) is 13.0 Å². The number of likely N-dealkylation sites (tertiary alicyclic amines) is 1. The second kappa shape index (κ2) is 11.1. The molecule has 0 spiro atoms. The first-order valence-electron chi connectivity index (χ1n) is 12.4. The van der Waals surface area contributed by atoms with Gasteiger partial charge in [-0.1, -0.05) is 47.5 Å². The van der Waals surface area contributed by atoms with E-state index in [4.69, 9.17) is 32.9 Å². The van der Waals surface area contributed by atoms with E-state index in [0.717, 1.165) is 61.3 Å². The number of carboxylic acid groups (broad SMARTS) is 1. The highest BCUT2D eigenvalue weighted by atomic mass is 35.5. The highest BCUT2D eigenvalue weighted by molar-refractivity contribution is 6.35. The van der Waals surface area contributed by atoms with E-state index < -0.39 is 5.97 Å². The number of rotatable bonds is 8. The van der Waals surface area contributed by atoms with Gasteiger partial charge in [0, 0.05) is 12.1 Å². The Labute approximate surface area is 226 Å². The molecule has 8 heteroatoms. The lowest BCUT2D eigenvalue weighted by Crippen LogP contribution is -2.34. The van der Waals surface area contributed by atoms with E-state index in [0.29, 0.717) is 28.3 Å². The summed E-state index contributed by atoms with van der Waals surface area (Å²) in [6.45, 7) is 3.26. The SMILES string of the molecule is Cn1c(CN2CCC(Cc3cccc(COc4ccc(Cl)cc4Cl)c3)CC2)nc2ccc(C(=O)O)cc21. The van der Waals surface area contributed by atoms with Crippen molar-refractivity contribution >= 4 is 40.2 Å². The summed E-state index contributed by atoms with van der Waals surface area (Å²) < 4.78 is 7.92. The first-order valence-corrected chi connectivity index (χ1v) is 13.2. The van der Waals surface area contributed by atoms with Gasteiger partial charge in [0.1, 0.15) is 18.2 Å². The second-order valence-electron chi connectivity index (χ2n) is 9.70. The van der Waals surface area contributed by atoms with E-state index in [9.17, 15) is 9.90 Å². The average molecular weight is 538 g/mol. The van der Waals surface area contributed by atoms with Crippen molar-refractivity contribution in [3.63, 3.8) is 0 Å². The van der Waals surface area contributed by atoms with E-state index in [-0.39, 0.29) is 5.56 Å². The van der Waals surface area contributed by atoms with Crippen molar-refractivity contribution in [3.8, 4) is 5.75 Å². The van der Waals surface area contributed by atoms with Crippen LogP contribution in [-0.4, -0.2) is 38.6 Å². The van der Waals surface area contributed by atoms with Gasteiger partial charge in [0.05, 0.1) is 28.2 Å². The van der Waals surface area contributed by atoms with E-state index in [2.05, 4.69) is 29.2 Å². The Morgan fingerprint density at radius 2 is 1.84 bits per heavy atom. The lowest BCUT2D eigenvalue weighted by atomic mass is 9.89. The number of piperidine rings is 1. The molecule has 3 aromatic carbocycles. The largest absolute Gasteiger partial charge is 0.487 e. The molecule has 1 aromatic heterocycles. The fourth-order valence-electron chi connectivity index (χ4n) is 5.00. The molecule has 0 amide bonds. The van der Waals surface area contributed by atoms with E-state index >= 15 is 0 Å². The first kappa shape index (κ1) is 25.6. The summed E-state index contributed by atoms with van der Waals surface area (Å²) in [5.41, 5.74) is 4.42. The molecule has 1 aliphatic rings. The summed E-state index contributed by atoms with van der Waals surface area (Å²) >= 11 is 12.2. The molecule has 192 valence electrons. The number of halogens is 2. The lowest BCUT2D eigenvalue weighted by Gasteiger charge is -2.31. The minimum atomic E-state index is -0.921. The molecule has 1 aliphatic heterocycles. The average Bonchev–Trinajstić information content (AvgIpc) is 3.19. The number of benzene rings is 3. The van der Waals surface area contributed by atoms with Gasteiger partial charge in [-0.2, -0.15) is 0 Å². The van der Waals surface area contributed by atoms with Crippen LogP contribution in [0, 0.1) is 5.92 Å². The summed E-state index contributed by atoms with van der Waals surface area (Å²) in [5.74, 6) is 1.31. The van der Waals surface area contributed by atoms with Crippen LogP contribution in [0.25, 0.3) is 11.0 Å². The Morgan fingerprint density at radius 3 is 2.59 bits per heavy atom. The molecule has 0 radical (unpaired) electrons. The van der Waals surface area contributed by atoms with Gasteiger partial charge in [0.15, 0.2) is 0 Å². The van der Waals surface area contributed by atoms with Crippen LogP contribution in [0.15, 0.2) is 60.7 Å². The molecular weight excluding hydrogens is 509 g/mol. The molecule has 5 rings (SSSR count). The summed E-state index contributed by atoms with van der Waals surface area (Å²) in [6, 6.07) is 18.9. The minimum Gasteiger partial charge on any atom is -0.487 e. The van der Waals surface area contributed by atoms with Gasteiger partial charge in [-0.15, -0.1) is 0 Å². The number of ether oxygens (including phenoxy) is 1. The van der Waals surface area contributed by atoms with Gasteiger partial charge in [-0.25, -0.2) is 9.78 Å². The van der Waals surface area contributed by atoms with Gasteiger partial charge < -0.3 is 14.4 Å². The molecule has 0 unspecified atom stereocenters. The molecule has 1 fully saturated rings. The maximum absolute atomic E-state index is 11.3. The van der Waals surface area contributed by atoms with Crippen LogP contribution in [0.2, 0.25) is 10.0 Å². The summed E-state index contributed by atoms with van der Waals surface area (Å²) in [6.07, 6.45) is 3.32. The third-order valence-corrected chi connectivity index (χ3v) is 7.63. The predicted molar refractivity (Wildman–Crippen MR) is 147 cm³/mol. The van der Waals surface area contributed by atoms with Crippen LogP contribution >= 0.6 is 23.2 Å². The van der Waals surface area contributed by atoms with Crippen molar-refractivity contribution in [1.82, 2.24) is 14.5 Å². The normalized spacial score (nSPS) is 14.8. The van der Waals surface area contributed by atoms with Gasteiger partial charge in [0.2, 0.25) is 0 Å². The summed E-state index contributed by atoms with van der Waals surface area (Å²) in [5, 5.41) is 10.4. The summed E-state index contributed by atoms with van der Waals surface area (Å²) in [7, 11) is 1.96. The Kier molecular flexibility index (Phi) is 7.70. The van der Waals surface area contributed by atoms with Crippen molar-refractivity contribution in [1.29, 1.82) is 0 Å². The number of fused-ring (bicyclic) bond motifs is 1. The van der Waals surface area contributed by atoms with E-state index in [1.807, 2.05) is 11.6 Å². The highest BCUT2D eigenvalue weighted by Gasteiger charge is 2.21. The smallest absolute Gasteiger partial charge is 0.335 e. The predicted octanol–water partition coefficient (Wildman–Crippen LogP) is 6.61. The Morgan fingerprint density at radius 1 is 1.05 bits per heavy atom. The molecule has 1 N–H and O–H groups in total. The van der Waals surface area contributed by atoms with Gasteiger partial charge in [-0.3, -0.25) is 4.90 Å². The number of carbonyl (C=O) groups is 1. The zero-order chi connectivity index (χ0) is 25.9. The maximum atomic E-state index is 11.3. The zero-order valence-electron chi connectivity index (χ0n) is 20.7. The third-order valence-electron chi connectivity index (χ3n) is 7.10. The van der Waals surface area contributed by atoms with Crippen molar-refractivity contribution in [3.05, 3.63) is 93.2 Å². The molecule has 0 bridgehead atoms. The molecule has 0 atom stereocenters. The quantitative estimate of drug-likeness (QED) is 0.273. The number of imidazole rings is 1. The van der Waals surface area contributed by atoms with Crippen LogP contribution in [0.3, 0.4) is 0 Å². The van der Waals surface area contributed by atoms with Gasteiger partial charge in [0.25, 0.3) is 0 Å². The monoisotopic (exact) mass is 537 g/mol. The second-order valence-corrected chi connectivity index (χ2v) is 10.5. The van der Waals surface area contributed by atoms with Crippen LogP contribution < -0.4 is 4.74 Å². The third kappa shape index (κ3) is 6.09. The zero-order valence-corrected chi connectivity index (χ0v) is 22.2. The minimum absolute atomic E-state index is 0.285. The van der Waals surface area contributed by atoms with Crippen LogP contribution in [0.5, 0.6) is 5.75 Å². The first-order chi connectivity index (χ1) is 17.9. The topological polar surface area (TPSA) is 67.6 Å². The molecular formula is C29H29Cl2N3O3. The Hall–Kier alpha value is -3.06. The lowest BCUT2D eigenvalue weighted by molar-refractivity contribution is 0.0697. The maximum Gasteiger partial charge on any atom is 0.335 e. The van der Waals surface area contributed by atoms with Crippen molar-refractivity contribution < 1.29 is 14.6 Å². The van der Waals surface area contributed by atoms with Crippen LogP contribution in [0.1, 0.15) is 40.2 Å². The molecule has 2 heterocycles. The highest BCUT2D eigenvalue weighted by Crippen LogP contribution is 2.29. The number of hydrogen-bond acceptors (Lipinski definition) is 4. The number of hydrogen-bond donors (Lipinski definition) is 1. The number of nitrogens with zero attached hydrogens (tertiary/aromatic N) is 3. The number of aromatic carboxylic acids is 1. The van der Waals surface area contributed by atoms with Crippen molar-refractivity contribution in [2.45, 2.75) is 32.4 Å². The fourth-order valence-corrected chi connectivity index (χ4v) is 5.46. The molecule has 4 aromatic rings. The molecule has 6 nitrogen and oxygen atoms in total. The summed E-state index contributed by atoms with van der Waals surface area (Å²) in [4.78, 5) is 18.5. The fraction of sp³-hybridized carbons (Fsp3) is 0.310. The van der Waals surface area contributed by atoms with Gasteiger partial charge >= 0.3 is 5.97 Å². The van der Waals surface area contributed by atoms with E-state index in [1.165, 1.54) is 5.56 Å². The number of aryl methyl sites for hydroxylation is 1. The van der Waals surface area contributed by atoms with Crippen molar-refractivity contribution in [2.75, 3.05) is 13.1 Å². The molecule has 1 saturated heterocycles.